The summed E-state index contributed by atoms with van der Waals surface area (Å²) in [5.41, 5.74) is 16.2. The van der Waals surface area contributed by atoms with Crippen LogP contribution >= 0.6 is 12.6 Å². The molecule has 0 aliphatic rings. The lowest BCUT2D eigenvalue weighted by Gasteiger charge is -2.26. The van der Waals surface area contributed by atoms with Crippen LogP contribution in [0.5, 0.6) is 0 Å². The first-order valence-corrected chi connectivity index (χ1v) is 11.7. The number of hydrogen-bond donors (Lipinski definition) is 9. The Kier molecular flexibility index (Phi) is 15.1. The Bertz CT molecular complexity index is 775. The number of carbonyl (C=O) groups excluding carboxylic acids is 3. The number of carboxylic acids is 2. The van der Waals surface area contributed by atoms with Gasteiger partial charge in [-0.2, -0.15) is 12.6 Å². The van der Waals surface area contributed by atoms with Crippen molar-refractivity contribution in [1.82, 2.24) is 16.0 Å². The van der Waals surface area contributed by atoms with Gasteiger partial charge < -0.3 is 43.4 Å². The number of carbonyl (C=O) groups is 5. The maximum absolute atomic E-state index is 13.0. The molecule has 0 rings (SSSR count). The number of carboxylic acid groups (broad SMARTS) is 2. The molecule has 11 N–H and O–H groups in total. The van der Waals surface area contributed by atoms with Gasteiger partial charge >= 0.3 is 11.9 Å². The SMILES string of the molecule is CC(C)CC(NC(=O)C(CCCN=C(N)N)NC(=O)C(N)CS)C(=O)NC(CCC(=O)O)C(=O)O. The van der Waals surface area contributed by atoms with E-state index in [2.05, 4.69) is 33.6 Å². The largest absolute Gasteiger partial charge is 0.481 e. The molecular formula is C20H37N7O7S. The molecule has 0 aromatic carbocycles. The van der Waals surface area contributed by atoms with Gasteiger partial charge in [-0.05, 0) is 31.6 Å². The van der Waals surface area contributed by atoms with Crippen LogP contribution < -0.4 is 33.2 Å². The fourth-order valence-electron chi connectivity index (χ4n) is 2.91. The van der Waals surface area contributed by atoms with Crippen LogP contribution in [0.3, 0.4) is 0 Å². The second kappa shape index (κ2) is 16.5. The number of hydrogen-bond acceptors (Lipinski definition) is 8. The molecule has 0 heterocycles. The molecule has 0 fully saturated rings. The van der Waals surface area contributed by atoms with E-state index in [9.17, 15) is 29.1 Å². The van der Waals surface area contributed by atoms with Gasteiger partial charge in [0.1, 0.15) is 18.1 Å². The molecule has 3 amide bonds. The second-order valence-corrected chi connectivity index (χ2v) is 8.69. The van der Waals surface area contributed by atoms with Crippen LogP contribution in [0.1, 0.15) is 46.0 Å². The lowest BCUT2D eigenvalue weighted by molar-refractivity contribution is -0.143. The highest BCUT2D eigenvalue weighted by atomic mass is 32.1. The average molecular weight is 520 g/mol. The summed E-state index contributed by atoms with van der Waals surface area (Å²) in [4.78, 5) is 64.1. The molecule has 35 heavy (non-hydrogen) atoms. The molecular weight excluding hydrogens is 482 g/mol. The van der Waals surface area contributed by atoms with Crippen LogP contribution in [-0.4, -0.2) is 82.3 Å². The van der Waals surface area contributed by atoms with Crippen molar-refractivity contribution in [3.05, 3.63) is 0 Å². The van der Waals surface area contributed by atoms with Crippen molar-refractivity contribution >= 4 is 48.2 Å². The van der Waals surface area contributed by atoms with Crippen molar-refractivity contribution in [3.8, 4) is 0 Å². The molecule has 0 bridgehead atoms. The van der Waals surface area contributed by atoms with E-state index in [1.165, 1.54) is 0 Å². The monoisotopic (exact) mass is 519 g/mol. The van der Waals surface area contributed by atoms with Gasteiger partial charge in [0.25, 0.3) is 0 Å². The predicted octanol–water partition coefficient (Wildman–Crippen LogP) is -2.25. The van der Waals surface area contributed by atoms with Crippen LogP contribution in [0, 0.1) is 5.92 Å². The molecule has 0 aliphatic carbocycles. The van der Waals surface area contributed by atoms with E-state index in [1.807, 2.05) is 0 Å². The molecule has 0 saturated carbocycles. The van der Waals surface area contributed by atoms with Gasteiger partial charge in [0.2, 0.25) is 17.7 Å². The first-order chi connectivity index (χ1) is 16.3. The summed E-state index contributed by atoms with van der Waals surface area (Å²) in [5.74, 6) is -4.87. The van der Waals surface area contributed by atoms with Crippen LogP contribution in [0.4, 0.5) is 0 Å². The summed E-state index contributed by atoms with van der Waals surface area (Å²) in [6.07, 6.45) is -0.186. The van der Waals surface area contributed by atoms with E-state index in [4.69, 9.17) is 22.3 Å². The highest BCUT2D eigenvalue weighted by Crippen LogP contribution is 2.09. The summed E-state index contributed by atoms with van der Waals surface area (Å²) in [6, 6.07) is -4.63. The van der Waals surface area contributed by atoms with E-state index >= 15 is 0 Å². The number of nitrogens with one attached hydrogen (secondary N) is 3. The van der Waals surface area contributed by atoms with Crippen LogP contribution in [0.2, 0.25) is 0 Å². The van der Waals surface area contributed by atoms with Gasteiger partial charge in [0.05, 0.1) is 6.04 Å². The van der Waals surface area contributed by atoms with Gasteiger partial charge in [-0.1, -0.05) is 13.8 Å². The lowest BCUT2D eigenvalue weighted by Crippen LogP contribution is -2.57. The molecule has 0 aliphatic heterocycles. The fourth-order valence-corrected chi connectivity index (χ4v) is 3.07. The highest BCUT2D eigenvalue weighted by Gasteiger charge is 2.30. The quantitative estimate of drug-likeness (QED) is 0.0431. The number of aliphatic imine (C=N–C) groups is 1. The standard InChI is InChI=1S/C20H37N7O7S/c1-10(2)8-14(18(32)26-13(19(33)34)5-6-15(28)29)27-17(31)12(4-3-7-24-20(22)23)25-16(30)11(21)9-35/h10-14,35H,3-9,21H2,1-2H3,(H,25,30)(H,26,32)(H,27,31)(H,28,29)(H,33,34)(H4,22,23,24). The molecule has 14 nitrogen and oxygen atoms in total. The summed E-state index contributed by atoms with van der Waals surface area (Å²) in [5, 5.41) is 25.5. The lowest BCUT2D eigenvalue weighted by atomic mass is 10.0. The van der Waals surface area contributed by atoms with E-state index in [0.29, 0.717) is 6.42 Å². The topological polar surface area (TPSA) is 252 Å². The van der Waals surface area contributed by atoms with E-state index in [1.54, 1.807) is 13.8 Å². The first-order valence-electron chi connectivity index (χ1n) is 11.1. The van der Waals surface area contributed by atoms with Gasteiger partial charge in [0.15, 0.2) is 5.96 Å². The van der Waals surface area contributed by atoms with Crippen LogP contribution in [-0.2, 0) is 24.0 Å². The van der Waals surface area contributed by atoms with Gasteiger partial charge in [-0.3, -0.25) is 24.2 Å². The zero-order valence-corrected chi connectivity index (χ0v) is 20.8. The third-order valence-corrected chi connectivity index (χ3v) is 5.11. The van der Waals surface area contributed by atoms with Crippen LogP contribution in [0.15, 0.2) is 4.99 Å². The van der Waals surface area contributed by atoms with E-state index in [0.717, 1.165) is 0 Å². The summed E-state index contributed by atoms with van der Waals surface area (Å²) >= 11 is 3.97. The number of nitrogens with two attached hydrogens (primary N) is 3. The van der Waals surface area contributed by atoms with Crippen LogP contribution in [0.25, 0.3) is 0 Å². The normalized spacial score (nSPS) is 14.2. The maximum atomic E-state index is 13.0. The Morgan fingerprint density at radius 2 is 1.43 bits per heavy atom. The minimum Gasteiger partial charge on any atom is -0.481 e. The first kappa shape index (κ1) is 31.9. The molecule has 200 valence electrons. The van der Waals surface area contributed by atoms with Crippen molar-refractivity contribution in [1.29, 1.82) is 0 Å². The Balaban J connectivity index is 5.54. The number of aliphatic carboxylic acids is 2. The number of rotatable bonds is 17. The van der Waals surface area contributed by atoms with Gasteiger partial charge in [-0.25, -0.2) is 4.79 Å². The Morgan fingerprint density at radius 1 is 0.886 bits per heavy atom. The summed E-state index contributed by atoms with van der Waals surface area (Å²) in [6.45, 7) is 3.79. The van der Waals surface area contributed by atoms with Crippen molar-refractivity contribution in [2.24, 2.45) is 28.1 Å². The smallest absolute Gasteiger partial charge is 0.326 e. The van der Waals surface area contributed by atoms with Crippen molar-refractivity contribution in [2.75, 3.05) is 12.3 Å². The molecule has 0 aromatic heterocycles. The number of guanidine groups is 1. The highest BCUT2D eigenvalue weighted by molar-refractivity contribution is 7.80. The molecule has 0 aromatic rings. The molecule has 0 radical (unpaired) electrons. The Morgan fingerprint density at radius 3 is 1.91 bits per heavy atom. The third-order valence-electron chi connectivity index (χ3n) is 4.71. The zero-order valence-electron chi connectivity index (χ0n) is 19.9. The van der Waals surface area contributed by atoms with Crippen molar-refractivity contribution < 1.29 is 34.2 Å². The van der Waals surface area contributed by atoms with Crippen molar-refractivity contribution in [3.63, 3.8) is 0 Å². The van der Waals surface area contributed by atoms with Gasteiger partial charge in [0, 0.05) is 18.7 Å². The molecule has 4 atom stereocenters. The van der Waals surface area contributed by atoms with Gasteiger partial charge in [-0.15, -0.1) is 0 Å². The van der Waals surface area contributed by atoms with Crippen molar-refractivity contribution in [2.45, 2.75) is 70.1 Å². The number of nitrogens with zero attached hydrogens (tertiary/aromatic N) is 1. The third kappa shape index (κ3) is 14.0. The minimum atomic E-state index is -1.45. The fraction of sp³-hybridized carbons (Fsp3) is 0.700. The summed E-state index contributed by atoms with van der Waals surface area (Å²) in [7, 11) is 0. The Labute approximate surface area is 209 Å². The maximum Gasteiger partial charge on any atom is 0.326 e. The number of thiol groups is 1. The zero-order chi connectivity index (χ0) is 27.1. The predicted molar refractivity (Wildman–Crippen MR) is 131 cm³/mol. The van der Waals surface area contributed by atoms with E-state index in [-0.39, 0.29) is 43.4 Å². The molecule has 15 heteroatoms. The molecule has 0 spiro atoms. The number of amides is 3. The Hall–Kier alpha value is -3.07. The van der Waals surface area contributed by atoms with E-state index < -0.39 is 60.2 Å². The average Bonchev–Trinajstić information content (AvgIpc) is 2.76. The summed E-state index contributed by atoms with van der Waals surface area (Å²) < 4.78 is 0. The minimum absolute atomic E-state index is 0.0411. The molecule has 0 saturated heterocycles. The molecule has 4 unspecified atom stereocenters. The second-order valence-electron chi connectivity index (χ2n) is 8.32.